The third-order valence-electron chi connectivity index (χ3n) is 2.87. The normalized spacial score (nSPS) is 10.2. The van der Waals surface area contributed by atoms with E-state index in [-0.39, 0.29) is 5.82 Å². The second-order valence-corrected chi connectivity index (χ2v) is 4.38. The van der Waals surface area contributed by atoms with Crippen molar-refractivity contribution in [2.45, 2.75) is 6.92 Å². The Bertz CT molecular complexity index is 731. The summed E-state index contributed by atoms with van der Waals surface area (Å²) in [6, 6.07) is 7.99. The second kappa shape index (κ2) is 5.58. The van der Waals surface area contributed by atoms with Crippen LogP contribution in [0.1, 0.15) is 15.9 Å². The first-order chi connectivity index (χ1) is 9.88. The largest absolute Gasteiger partial charge is 0.477 e. The average molecular weight is 290 g/mol. The minimum atomic E-state index is -1.39. The van der Waals surface area contributed by atoms with Gasteiger partial charge in [-0.15, -0.1) is 0 Å². The molecule has 0 spiro atoms. The fourth-order valence-corrected chi connectivity index (χ4v) is 1.83. The Morgan fingerprint density at radius 1 is 1.24 bits per heavy atom. The van der Waals surface area contributed by atoms with Crippen molar-refractivity contribution in [3.8, 4) is 0 Å². The number of nitrogens with one attached hydrogen (secondary N) is 1. The number of hydrogen-bond donors (Lipinski definition) is 2. The van der Waals surface area contributed by atoms with Crippen LogP contribution in [0.2, 0.25) is 0 Å². The van der Waals surface area contributed by atoms with Gasteiger partial charge in [-0.05, 0) is 42.8 Å². The van der Waals surface area contributed by atoms with Crippen molar-refractivity contribution >= 4 is 23.0 Å². The Morgan fingerprint density at radius 3 is 2.43 bits per heavy atom. The molecular weight excluding hydrogens is 279 g/mol. The molecule has 0 aromatic heterocycles. The molecule has 0 unspecified atom stereocenters. The molecule has 0 atom stereocenters. The molecule has 0 saturated carbocycles. The number of benzene rings is 2. The van der Waals surface area contributed by atoms with Gasteiger partial charge in [0.15, 0.2) is 0 Å². The van der Waals surface area contributed by atoms with Crippen molar-refractivity contribution in [2.75, 3.05) is 5.32 Å². The predicted molar refractivity (Wildman–Crippen MR) is 74.5 cm³/mol. The van der Waals surface area contributed by atoms with Crippen molar-refractivity contribution in [1.29, 1.82) is 0 Å². The van der Waals surface area contributed by atoms with E-state index in [4.69, 9.17) is 5.11 Å². The minimum Gasteiger partial charge on any atom is -0.477 e. The summed E-state index contributed by atoms with van der Waals surface area (Å²) in [5.74, 6) is -1.74. The van der Waals surface area contributed by atoms with E-state index in [0.29, 0.717) is 16.9 Å². The van der Waals surface area contributed by atoms with E-state index >= 15 is 0 Å². The molecule has 0 bridgehead atoms. The number of nitrogens with zero attached hydrogens (tertiary/aromatic N) is 1. The summed E-state index contributed by atoms with van der Waals surface area (Å²) < 4.78 is 13.2. The topological polar surface area (TPSA) is 92.5 Å². The maximum absolute atomic E-state index is 13.2. The number of anilines is 2. The maximum atomic E-state index is 13.2. The van der Waals surface area contributed by atoms with Gasteiger partial charge in [0.2, 0.25) is 0 Å². The van der Waals surface area contributed by atoms with E-state index in [1.807, 2.05) is 0 Å². The zero-order valence-electron chi connectivity index (χ0n) is 11.0. The van der Waals surface area contributed by atoms with Gasteiger partial charge in [0.05, 0.1) is 4.92 Å². The van der Waals surface area contributed by atoms with Gasteiger partial charge in [-0.25, -0.2) is 9.18 Å². The Labute approximate surface area is 119 Å². The van der Waals surface area contributed by atoms with E-state index < -0.39 is 22.1 Å². The smallest absolute Gasteiger partial charge is 0.342 e. The molecule has 0 aliphatic heterocycles. The van der Waals surface area contributed by atoms with E-state index in [1.165, 1.54) is 24.3 Å². The van der Waals surface area contributed by atoms with Crippen LogP contribution in [0.15, 0.2) is 36.4 Å². The highest BCUT2D eigenvalue weighted by atomic mass is 19.1. The maximum Gasteiger partial charge on any atom is 0.342 e. The molecule has 0 fully saturated rings. The zero-order chi connectivity index (χ0) is 15.6. The molecule has 2 N–H and O–H groups in total. The Hall–Kier alpha value is -2.96. The zero-order valence-corrected chi connectivity index (χ0v) is 11.0. The molecule has 2 rings (SSSR count). The number of carboxylic acids is 1. The molecule has 108 valence electrons. The van der Waals surface area contributed by atoms with Crippen LogP contribution in [-0.2, 0) is 0 Å². The molecule has 0 saturated heterocycles. The average Bonchev–Trinajstić information content (AvgIpc) is 2.42. The molecule has 7 heteroatoms. The van der Waals surface area contributed by atoms with Crippen molar-refractivity contribution < 1.29 is 19.2 Å². The molecule has 0 aliphatic carbocycles. The Balaban J connectivity index is 2.36. The molecule has 21 heavy (non-hydrogen) atoms. The molecular formula is C14H11FN2O4. The third-order valence-corrected chi connectivity index (χ3v) is 2.87. The summed E-state index contributed by atoms with van der Waals surface area (Å²) in [4.78, 5) is 21.1. The predicted octanol–water partition coefficient (Wildman–Crippen LogP) is 3.48. The van der Waals surface area contributed by atoms with Gasteiger partial charge in [-0.2, -0.15) is 0 Å². The first-order valence-corrected chi connectivity index (χ1v) is 5.93. The van der Waals surface area contributed by atoms with Crippen molar-refractivity contribution in [3.63, 3.8) is 0 Å². The minimum absolute atomic E-state index is 0.351. The lowest BCUT2D eigenvalue weighted by Crippen LogP contribution is -2.03. The number of carbonyl (C=O) groups is 1. The molecule has 0 heterocycles. The van der Waals surface area contributed by atoms with Crippen LogP contribution in [0, 0.1) is 22.9 Å². The van der Waals surface area contributed by atoms with Gasteiger partial charge < -0.3 is 10.4 Å². The standard InChI is InChI=1S/C14H11FN2O4/c1-8-6-9(2-4-12(8)15)16-10-3-5-13(17(20)21)11(7-10)14(18)19/h2-7,16H,1H3,(H,18,19). The number of nitro groups is 1. The lowest BCUT2D eigenvalue weighted by atomic mass is 10.1. The second-order valence-electron chi connectivity index (χ2n) is 4.38. The fraction of sp³-hybridized carbons (Fsp3) is 0.0714. The first kappa shape index (κ1) is 14.4. The van der Waals surface area contributed by atoms with Crippen molar-refractivity contribution in [3.05, 3.63) is 63.5 Å². The van der Waals surface area contributed by atoms with Crippen LogP contribution < -0.4 is 5.32 Å². The summed E-state index contributed by atoms with van der Waals surface area (Å²) in [5, 5.41) is 22.6. The summed E-state index contributed by atoms with van der Waals surface area (Å²) in [6.07, 6.45) is 0. The van der Waals surface area contributed by atoms with E-state index in [0.717, 1.165) is 6.07 Å². The number of halogens is 1. The summed E-state index contributed by atoms with van der Waals surface area (Å²) in [6.45, 7) is 1.60. The lowest BCUT2D eigenvalue weighted by Gasteiger charge is -2.08. The van der Waals surface area contributed by atoms with Crippen LogP contribution in [0.4, 0.5) is 21.5 Å². The number of rotatable bonds is 4. The quantitative estimate of drug-likeness (QED) is 0.664. The van der Waals surface area contributed by atoms with Gasteiger partial charge in [0.1, 0.15) is 11.4 Å². The molecule has 0 amide bonds. The number of carboxylic acid groups (broad SMARTS) is 1. The summed E-state index contributed by atoms with van der Waals surface area (Å²) >= 11 is 0. The lowest BCUT2D eigenvalue weighted by molar-refractivity contribution is -0.385. The number of aromatic carboxylic acids is 1. The molecule has 0 radical (unpaired) electrons. The van der Waals surface area contributed by atoms with Crippen LogP contribution in [0.5, 0.6) is 0 Å². The Morgan fingerprint density at radius 2 is 1.86 bits per heavy atom. The summed E-state index contributed by atoms with van der Waals surface area (Å²) in [7, 11) is 0. The molecule has 6 nitrogen and oxygen atoms in total. The molecule has 2 aromatic rings. The number of nitro benzene ring substituents is 1. The number of aryl methyl sites for hydroxylation is 1. The van der Waals surface area contributed by atoms with Crippen LogP contribution in [-0.4, -0.2) is 16.0 Å². The van der Waals surface area contributed by atoms with Gasteiger partial charge in [0.25, 0.3) is 5.69 Å². The number of hydrogen-bond acceptors (Lipinski definition) is 4. The molecule has 2 aromatic carbocycles. The van der Waals surface area contributed by atoms with E-state index in [2.05, 4.69) is 5.32 Å². The molecule has 0 aliphatic rings. The van der Waals surface area contributed by atoms with Crippen molar-refractivity contribution in [1.82, 2.24) is 0 Å². The van der Waals surface area contributed by atoms with Crippen molar-refractivity contribution in [2.24, 2.45) is 0 Å². The van der Waals surface area contributed by atoms with Gasteiger partial charge in [0, 0.05) is 17.4 Å². The van der Waals surface area contributed by atoms with Gasteiger partial charge in [-0.3, -0.25) is 10.1 Å². The van der Waals surface area contributed by atoms with Gasteiger partial charge >= 0.3 is 5.97 Å². The highest BCUT2D eigenvalue weighted by Crippen LogP contribution is 2.25. The Kier molecular flexibility index (Phi) is 3.84. The van der Waals surface area contributed by atoms with Gasteiger partial charge in [-0.1, -0.05) is 0 Å². The fourth-order valence-electron chi connectivity index (χ4n) is 1.83. The van der Waals surface area contributed by atoms with Crippen LogP contribution in [0.25, 0.3) is 0 Å². The third kappa shape index (κ3) is 3.14. The van der Waals surface area contributed by atoms with E-state index in [1.54, 1.807) is 13.0 Å². The monoisotopic (exact) mass is 290 g/mol. The SMILES string of the molecule is Cc1cc(Nc2ccc([N+](=O)[O-])c(C(=O)O)c2)ccc1F. The van der Waals surface area contributed by atoms with Crippen LogP contribution >= 0.6 is 0 Å². The highest BCUT2D eigenvalue weighted by molar-refractivity contribution is 5.93. The first-order valence-electron chi connectivity index (χ1n) is 5.93. The van der Waals surface area contributed by atoms with E-state index in [9.17, 15) is 19.3 Å². The highest BCUT2D eigenvalue weighted by Gasteiger charge is 2.19. The summed E-state index contributed by atoms with van der Waals surface area (Å²) in [5.41, 5.74) is 0.454. The van der Waals surface area contributed by atoms with Crippen LogP contribution in [0.3, 0.4) is 0 Å².